The van der Waals surface area contributed by atoms with Crippen LogP contribution in [0.1, 0.15) is 5.56 Å². The molecule has 0 aliphatic carbocycles. The summed E-state index contributed by atoms with van der Waals surface area (Å²) in [6.45, 7) is 0. The van der Waals surface area contributed by atoms with Crippen LogP contribution >= 0.6 is 0 Å². The summed E-state index contributed by atoms with van der Waals surface area (Å²) in [5.74, 6) is 0.0465. The maximum absolute atomic E-state index is 7.62. The molecule has 0 unspecified atom stereocenters. The van der Waals surface area contributed by atoms with Crippen molar-refractivity contribution in [1.82, 2.24) is 9.78 Å². The molecule has 3 rings (SSSR count). The summed E-state index contributed by atoms with van der Waals surface area (Å²) in [5, 5.41) is 13.1. The van der Waals surface area contributed by atoms with E-state index in [4.69, 9.17) is 11.1 Å². The average Bonchev–Trinajstić information content (AvgIpc) is 2.82. The maximum atomic E-state index is 7.62. The number of nitrogens with zero attached hydrogens (tertiary/aromatic N) is 2. The van der Waals surface area contributed by atoms with Crippen LogP contribution in [-0.4, -0.2) is 15.6 Å². The Morgan fingerprint density at radius 2 is 1.78 bits per heavy atom. The molecule has 0 aliphatic rings. The Hall–Kier alpha value is -2.62. The molecule has 88 valence electrons. The van der Waals surface area contributed by atoms with Crippen molar-refractivity contribution >= 4 is 16.7 Å². The summed E-state index contributed by atoms with van der Waals surface area (Å²) in [6, 6.07) is 15.5. The second-order valence-corrected chi connectivity index (χ2v) is 4.05. The second kappa shape index (κ2) is 4.00. The van der Waals surface area contributed by atoms with Gasteiger partial charge in [-0.1, -0.05) is 30.3 Å². The van der Waals surface area contributed by atoms with Crippen molar-refractivity contribution in [3.63, 3.8) is 0 Å². The molecule has 1 aromatic heterocycles. The molecule has 0 aliphatic heterocycles. The van der Waals surface area contributed by atoms with E-state index in [1.54, 1.807) is 0 Å². The van der Waals surface area contributed by atoms with E-state index in [2.05, 4.69) is 5.10 Å². The van der Waals surface area contributed by atoms with Gasteiger partial charge in [-0.2, -0.15) is 5.10 Å². The summed E-state index contributed by atoms with van der Waals surface area (Å²) in [7, 11) is 0. The van der Waals surface area contributed by atoms with Crippen LogP contribution in [0.25, 0.3) is 16.6 Å². The average molecular weight is 236 g/mol. The Morgan fingerprint density at radius 1 is 1.06 bits per heavy atom. The lowest BCUT2D eigenvalue weighted by molar-refractivity contribution is 0.908. The van der Waals surface area contributed by atoms with Gasteiger partial charge in [-0.3, -0.25) is 5.41 Å². The van der Waals surface area contributed by atoms with Crippen molar-refractivity contribution in [3.8, 4) is 5.69 Å². The minimum Gasteiger partial charge on any atom is -0.384 e. The van der Waals surface area contributed by atoms with E-state index in [0.717, 1.165) is 16.6 Å². The summed E-state index contributed by atoms with van der Waals surface area (Å²) in [6.07, 6.45) is 1.81. The van der Waals surface area contributed by atoms with E-state index in [1.165, 1.54) is 0 Å². The fourth-order valence-corrected chi connectivity index (χ4v) is 2.05. The molecule has 0 radical (unpaired) electrons. The van der Waals surface area contributed by atoms with E-state index < -0.39 is 0 Å². The number of benzene rings is 2. The first kappa shape index (κ1) is 10.5. The molecular weight excluding hydrogens is 224 g/mol. The lowest BCUT2D eigenvalue weighted by Crippen LogP contribution is -2.15. The Morgan fingerprint density at radius 3 is 2.61 bits per heavy atom. The standard InChI is InChI=1S/C14H12N4/c15-14(16)11-6-2-4-8-13(11)18-12-7-3-1-5-10(12)9-17-18/h1-9H,(H3,15,16). The Bertz CT molecular complexity index is 727. The molecule has 3 N–H and O–H groups in total. The summed E-state index contributed by atoms with van der Waals surface area (Å²) in [4.78, 5) is 0. The van der Waals surface area contributed by atoms with Crippen molar-refractivity contribution in [3.05, 3.63) is 60.3 Å². The van der Waals surface area contributed by atoms with Crippen LogP contribution in [-0.2, 0) is 0 Å². The molecule has 0 fully saturated rings. The molecule has 2 aromatic carbocycles. The smallest absolute Gasteiger partial charge is 0.124 e. The Labute approximate surface area is 104 Å². The number of nitrogens with two attached hydrogens (primary N) is 1. The number of amidine groups is 1. The molecule has 0 amide bonds. The van der Waals surface area contributed by atoms with Gasteiger partial charge in [0.05, 0.1) is 17.4 Å². The van der Waals surface area contributed by atoms with Crippen LogP contribution in [0, 0.1) is 5.41 Å². The van der Waals surface area contributed by atoms with Crippen molar-refractivity contribution in [2.45, 2.75) is 0 Å². The topological polar surface area (TPSA) is 67.7 Å². The molecule has 0 spiro atoms. The van der Waals surface area contributed by atoms with Crippen molar-refractivity contribution in [1.29, 1.82) is 5.41 Å². The number of nitrogen functional groups attached to an aromatic ring is 1. The third-order valence-corrected chi connectivity index (χ3v) is 2.90. The predicted octanol–water partition coefficient (Wildman–Crippen LogP) is 2.31. The van der Waals surface area contributed by atoms with Crippen LogP contribution < -0.4 is 5.73 Å². The van der Waals surface area contributed by atoms with E-state index in [9.17, 15) is 0 Å². The first-order valence-electron chi connectivity index (χ1n) is 5.64. The van der Waals surface area contributed by atoms with Gasteiger partial charge in [0.25, 0.3) is 0 Å². The van der Waals surface area contributed by atoms with Gasteiger partial charge in [0.2, 0.25) is 0 Å². The Balaban J connectivity index is 2.30. The monoisotopic (exact) mass is 236 g/mol. The fourth-order valence-electron chi connectivity index (χ4n) is 2.05. The molecule has 0 saturated heterocycles. The van der Waals surface area contributed by atoms with Crippen molar-refractivity contribution in [2.24, 2.45) is 5.73 Å². The van der Waals surface area contributed by atoms with Crippen LogP contribution in [0.15, 0.2) is 54.7 Å². The highest BCUT2D eigenvalue weighted by atomic mass is 15.3. The summed E-state index contributed by atoms with van der Waals surface area (Å²) in [5.41, 5.74) is 8.12. The molecule has 3 aromatic rings. The molecule has 0 atom stereocenters. The third kappa shape index (κ3) is 1.55. The van der Waals surface area contributed by atoms with Gasteiger partial charge in [0.1, 0.15) is 5.84 Å². The number of fused-ring (bicyclic) bond motifs is 1. The SMILES string of the molecule is N=C(N)c1ccccc1-n1ncc2ccccc21. The highest BCUT2D eigenvalue weighted by molar-refractivity contribution is 5.99. The number of rotatable bonds is 2. The fraction of sp³-hybridized carbons (Fsp3) is 0. The van der Waals surface area contributed by atoms with Gasteiger partial charge >= 0.3 is 0 Å². The van der Waals surface area contributed by atoms with Gasteiger partial charge < -0.3 is 5.73 Å². The third-order valence-electron chi connectivity index (χ3n) is 2.90. The van der Waals surface area contributed by atoms with Crippen molar-refractivity contribution < 1.29 is 0 Å². The largest absolute Gasteiger partial charge is 0.384 e. The highest BCUT2D eigenvalue weighted by Gasteiger charge is 2.09. The molecule has 18 heavy (non-hydrogen) atoms. The molecule has 4 heteroatoms. The lowest BCUT2D eigenvalue weighted by atomic mass is 10.1. The van der Waals surface area contributed by atoms with E-state index >= 15 is 0 Å². The normalized spacial score (nSPS) is 10.7. The number of hydrogen-bond acceptors (Lipinski definition) is 2. The zero-order valence-corrected chi connectivity index (χ0v) is 9.67. The minimum absolute atomic E-state index is 0.0465. The van der Waals surface area contributed by atoms with Crippen LogP contribution in [0.2, 0.25) is 0 Å². The molecule has 0 bridgehead atoms. The molecule has 0 saturated carbocycles. The van der Waals surface area contributed by atoms with Gasteiger partial charge in [-0.15, -0.1) is 0 Å². The summed E-state index contributed by atoms with van der Waals surface area (Å²) < 4.78 is 1.81. The molecule has 1 heterocycles. The van der Waals surface area contributed by atoms with Crippen molar-refractivity contribution in [2.75, 3.05) is 0 Å². The Kier molecular flexibility index (Phi) is 2.34. The van der Waals surface area contributed by atoms with E-state index in [0.29, 0.717) is 5.56 Å². The highest BCUT2D eigenvalue weighted by Crippen LogP contribution is 2.20. The number of para-hydroxylation sites is 2. The minimum atomic E-state index is 0.0465. The number of hydrogen-bond donors (Lipinski definition) is 2. The van der Waals surface area contributed by atoms with Crippen LogP contribution in [0.4, 0.5) is 0 Å². The van der Waals surface area contributed by atoms with Gasteiger partial charge in [0, 0.05) is 10.9 Å². The second-order valence-electron chi connectivity index (χ2n) is 4.05. The first-order valence-corrected chi connectivity index (χ1v) is 5.64. The zero-order chi connectivity index (χ0) is 12.5. The predicted molar refractivity (Wildman–Crippen MR) is 72.1 cm³/mol. The van der Waals surface area contributed by atoms with Crippen LogP contribution in [0.3, 0.4) is 0 Å². The first-order chi connectivity index (χ1) is 8.77. The summed E-state index contributed by atoms with van der Waals surface area (Å²) >= 11 is 0. The molecule has 4 nitrogen and oxygen atoms in total. The quantitative estimate of drug-likeness (QED) is 0.529. The van der Waals surface area contributed by atoms with E-state index in [-0.39, 0.29) is 5.84 Å². The zero-order valence-electron chi connectivity index (χ0n) is 9.67. The molecular formula is C14H12N4. The van der Waals surface area contributed by atoms with Gasteiger partial charge in [0.15, 0.2) is 0 Å². The number of nitrogens with one attached hydrogen (secondary N) is 1. The maximum Gasteiger partial charge on any atom is 0.124 e. The number of aromatic nitrogens is 2. The van der Waals surface area contributed by atoms with Gasteiger partial charge in [-0.25, -0.2) is 4.68 Å². The van der Waals surface area contributed by atoms with E-state index in [1.807, 2.05) is 59.4 Å². The lowest BCUT2D eigenvalue weighted by Gasteiger charge is -2.08. The van der Waals surface area contributed by atoms with Gasteiger partial charge in [-0.05, 0) is 18.2 Å². The van der Waals surface area contributed by atoms with Crippen LogP contribution in [0.5, 0.6) is 0 Å².